The Hall–Kier alpha value is -1.52. The van der Waals surface area contributed by atoms with Gasteiger partial charge in [-0.1, -0.05) is 15.9 Å². The smallest absolute Gasteiger partial charge is 0.101 e. The summed E-state index contributed by atoms with van der Waals surface area (Å²) in [5, 5.41) is 20.6. The highest BCUT2D eigenvalue weighted by atomic mass is 79.9. The fourth-order valence-electron chi connectivity index (χ4n) is 1.07. The number of benzene rings is 1. The van der Waals surface area contributed by atoms with Crippen molar-refractivity contribution < 1.29 is 0 Å². The van der Waals surface area contributed by atoms with Crippen LogP contribution in [-0.4, -0.2) is 6.54 Å². The standard InChI is InChI=1S/C11H10BrN3/c1-8(5-13)7-15-11-3-2-10(12)4-9(11)6-14/h2-4,8,15H,7H2,1H3. The summed E-state index contributed by atoms with van der Waals surface area (Å²) < 4.78 is 0.873. The number of rotatable bonds is 3. The molecule has 0 bridgehead atoms. The van der Waals surface area contributed by atoms with Crippen LogP contribution in [0, 0.1) is 28.6 Å². The van der Waals surface area contributed by atoms with Crippen molar-refractivity contribution in [2.75, 3.05) is 11.9 Å². The molecule has 0 aliphatic rings. The predicted molar refractivity (Wildman–Crippen MR) is 62.1 cm³/mol. The molecule has 1 atom stereocenters. The van der Waals surface area contributed by atoms with Crippen molar-refractivity contribution in [1.29, 1.82) is 10.5 Å². The van der Waals surface area contributed by atoms with Crippen molar-refractivity contribution in [1.82, 2.24) is 0 Å². The quantitative estimate of drug-likeness (QED) is 0.913. The first-order chi connectivity index (χ1) is 7.17. The van der Waals surface area contributed by atoms with Gasteiger partial charge >= 0.3 is 0 Å². The van der Waals surface area contributed by atoms with Crippen molar-refractivity contribution in [2.45, 2.75) is 6.92 Å². The number of nitrogens with one attached hydrogen (secondary N) is 1. The largest absolute Gasteiger partial charge is 0.383 e. The van der Waals surface area contributed by atoms with E-state index in [1.165, 1.54) is 0 Å². The highest BCUT2D eigenvalue weighted by Gasteiger charge is 2.04. The first kappa shape index (κ1) is 11.6. The molecule has 1 aromatic carbocycles. The van der Waals surface area contributed by atoms with Crippen molar-refractivity contribution in [3.63, 3.8) is 0 Å². The van der Waals surface area contributed by atoms with Gasteiger partial charge in [0.2, 0.25) is 0 Å². The number of anilines is 1. The van der Waals surface area contributed by atoms with Gasteiger partial charge in [0.05, 0.1) is 23.2 Å². The van der Waals surface area contributed by atoms with Gasteiger partial charge < -0.3 is 5.32 Å². The summed E-state index contributed by atoms with van der Waals surface area (Å²) in [6, 6.07) is 9.67. The Morgan fingerprint density at radius 2 is 2.20 bits per heavy atom. The molecule has 1 rings (SSSR count). The Morgan fingerprint density at radius 3 is 2.80 bits per heavy atom. The lowest BCUT2D eigenvalue weighted by atomic mass is 10.1. The molecule has 4 heteroatoms. The molecule has 0 heterocycles. The van der Waals surface area contributed by atoms with E-state index in [4.69, 9.17) is 10.5 Å². The molecule has 0 amide bonds. The maximum Gasteiger partial charge on any atom is 0.101 e. The van der Waals surface area contributed by atoms with Gasteiger partial charge in [-0.15, -0.1) is 0 Å². The van der Waals surface area contributed by atoms with Crippen molar-refractivity contribution in [3.8, 4) is 12.1 Å². The van der Waals surface area contributed by atoms with Gasteiger partial charge in [-0.3, -0.25) is 0 Å². The maximum atomic E-state index is 8.89. The summed E-state index contributed by atoms with van der Waals surface area (Å²) in [7, 11) is 0. The minimum Gasteiger partial charge on any atom is -0.383 e. The van der Waals surface area contributed by atoms with E-state index < -0.39 is 0 Å². The number of halogens is 1. The highest BCUT2D eigenvalue weighted by molar-refractivity contribution is 9.10. The second kappa shape index (κ2) is 5.38. The van der Waals surface area contributed by atoms with E-state index in [0.717, 1.165) is 10.2 Å². The van der Waals surface area contributed by atoms with Gasteiger partial charge in [-0.2, -0.15) is 10.5 Å². The summed E-state index contributed by atoms with van der Waals surface area (Å²) in [6.45, 7) is 2.38. The Labute approximate surface area is 97.5 Å². The van der Waals surface area contributed by atoms with E-state index in [-0.39, 0.29) is 5.92 Å². The lowest BCUT2D eigenvalue weighted by Crippen LogP contribution is -2.10. The van der Waals surface area contributed by atoms with Crippen LogP contribution in [0.1, 0.15) is 12.5 Å². The Bertz CT molecular complexity index is 428. The Morgan fingerprint density at radius 1 is 1.47 bits per heavy atom. The van der Waals surface area contributed by atoms with Crippen LogP contribution in [0.4, 0.5) is 5.69 Å². The van der Waals surface area contributed by atoms with Gasteiger partial charge in [0, 0.05) is 11.0 Å². The first-order valence-corrected chi connectivity index (χ1v) is 5.30. The van der Waals surface area contributed by atoms with Crippen LogP contribution in [0.5, 0.6) is 0 Å². The third kappa shape index (κ3) is 3.27. The summed E-state index contributed by atoms with van der Waals surface area (Å²) in [5.41, 5.74) is 1.34. The zero-order valence-electron chi connectivity index (χ0n) is 8.29. The van der Waals surface area contributed by atoms with Gasteiger partial charge in [0.15, 0.2) is 0 Å². The molecule has 1 N–H and O–H groups in total. The molecule has 15 heavy (non-hydrogen) atoms. The normalized spacial score (nSPS) is 11.2. The SMILES string of the molecule is CC(C#N)CNc1ccc(Br)cc1C#N. The van der Waals surface area contributed by atoms with Crippen LogP contribution in [0.15, 0.2) is 22.7 Å². The molecule has 0 saturated heterocycles. The van der Waals surface area contributed by atoms with Gasteiger partial charge in [-0.05, 0) is 25.1 Å². The van der Waals surface area contributed by atoms with Crippen LogP contribution in [-0.2, 0) is 0 Å². The number of hydrogen-bond donors (Lipinski definition) is 1. The van der Waals surface area contributed by atoms with Gasteiger partial charge in [0.25, 0.3) is 0 Å². The topological polar surface area (TPSA) is 59.6 Å². The molecule has 0 aliphatic heterocycles. The number of nitrogens with zero attached hydrogens (tertiary/aromatic N) is 2. The van der Waals surface area contributed by atoms with E-state index in [1.54, 1.807) is 6.07 Å². The minimum atomic E-state index is -0.0693. The lowest BCUT2D eigenvalue weighted by molar-refractivity contribution is 0.786. The number of nitriles is 2. The molecule has 0 aliphatic carbocycles. The lowest BCUT2D eigenvalue weighted by Gasteiger charge is -2.09. The number of hydrogen-bond acceptors (Lipinski definition) is 3. The van der Waals surface area contributed by atoms with Crippen molar-refractivity contribution >= 4 is 21.6 Å². The molecule has 76 valence electrons. The monoisotopic (exact) mass is 263 g/mol. The third-order valence-electron chi connectivity index (χ3n) is 1.92. The Balaban J connectivity index is 2.79. The molecule has 0 radical (unpaired) electrons. The fraction of sp³-hybridized carbons (Fsp3) is 0.273. The highest BCUT2D eigenvalue weighted by Crippen LogP contribution is 2.20. The zero-order valence-corrected chi connectivity index (χ0v) is 9.87. The van der Waals surface area contributed by atoms with E-state index in [2.05, 4.69) is 33.4 Å². The molecular formula is C11H10BrN3. The third-order valence-corrected chi connectivity index (χ3v) is 2.41. The molecular weight excluding hydrogens is 254 g/mol. The second-order valence-corrected chi connectivity index (χ2v) is 4.13. The first-order valence-electron chi connectivity index (χ1n) is 4.50. The zero-order chi connectivity index (χ0) is 11.3. The van der Waals surface area contributed by atoms with Crippen LogP contribution < -0.4 is 5.32 Å². The second-order valence-electron chi connectivity index (χ2n) is 3.21. The van der Waals surface area contributed by atoms with Gasteiger partial charge in [-0.25, -0.2) is 0 Å². The molecule has 0 aromatic heterocycles. The average Bonchev–Trinajstić information content (AvgIpc) is 2.26. The van der Waals surface area contributed by atoms with E-state index >= 15 is 0 Å². The summed E-state index contributed by atoms with van der Waals surface area (Å²) in [4.78, 5) is 0. The molecule has 1 aromatic rings. The van der Waals surface area contributed by atoms with Crippen LogP contribution in [0.25, 0.3) is 0 Å². The summed E-state index contributed by atoms with van der Waals surface area (Å²) in [5.74, 6) is -0.0693. The average molecular weight is 264 g/mol. The summed E-state index contributed by atoms with van der Waals surface area (Å²) >= 11 is 3.30. The molecule has 0 fully saturated rings. The van der Waals surface area contributed by atoms with Crippen LogP contribution in [0.2, 0.25) is 0 Å². The molecule has 3 nitrogen and oxygen atoms in total. The maximum absolute atomic E-state index is 8.89. The predicted octanol–water partition coefficient (Wildman–Crippen LogP) is 2.89. The van der Waals surface area contributed by atoms with E-state index in [0.29, 0.717) is 12.1 Å². The minimum absolute atomic E-state index is 0.0693. The van der Waals surface area contributed by atoms with Crippen molar-refractivity contribution in [2.24, 2.45) is 5.92 Å². The molecule has 1 unspecified atom stereocenters. The molecule has 0 saturated carbocycles. The van der Waals surface area contributed by atoms with E-state index in [9.17, 15) is 0 Å². The molecule has 0 spiro atoms. The Kier molecular flexibility index (Phi) is 4.15. The van der Waals surface area contributed by atoms with Crippen molar-refractivity contribution in [3.05, 3.63) is 28.2 Å². The summed E-state index contributed by atoms with van der Waals surface area (Å²) in [6.07, 6.45) is 0. The fourth-order valence-corrected chi connectivity index (χ4v) is 1.43. The van der Waals surface area contributed by atoms with Crippen LogP contribution >= 0.6 is 15.9 Å². The van der Waals surface area contributed by atoms with Gasteiger partial charge in [0.1, 0.15) is 6.07 Å². The van der Waals surface area contributed by atoms with Crippen LogP contribution in [0.3, 0.4) is 0 Å². The van der Waals surface area contributed by atoms with E-state index in [1.807, 2.05) is 19.1 Å².